The average molecular weight is 583 g/mol. The normalized spacial score (nSPS) is 17.1. The molecule has 4 N–H and O–H groups in total. The fourth-order valence-corrected chi connectivity index (χ4v) is 5.69. The number of alkyl halides is 1. The third-order valence-electron chi connectivity index (χ3n) is 6.51. The summed E-state index contributed by atoms with van der Waals surface area (Å²) in [6.45, 7) is 2.30. The number of halogens is 3. The van der Waals surface area contributed by atoms with Crippen molar-refractivity contribution in [3.63, 3.8) is 0 Å². The molecule has 1 saturated heterocycles. The molecule has 1 aliphatic heterocycles. The molecule has 1 unspecified atom stereocenters. The standard InChI is InChI=1S/C25H30F3N7O4S/c1-15(36)29-9-4-3-5-10-30-25-31-13-16-12-18(24(37)34(2)23(16)32-25)21-19(27)6-7-20(22(21)28)33-40(38,39)35-11-8-17(26)14-35/h6-7,12-13,17H,3-5,8-11,14H2,1-2H3,(H3-,29,30,31,32,33,36,37,38,39)/p+1/t17-/m1/s1. The Hall–Kier alpha value is -3.56. The van der Waals surface area contributed by atoms with E-state index < -0.39 is 45.2 Å². The number of aryl methyl sites for hydroxylation is 1. The first-order valence-electron chi connectivity index (χ1n) is 12.7. The number of carbonyl (C=O) groups is 1. The van der Waals surface area contributed by atoms with Crippen molar-refractivity contribution in [3.05, 3.63) is 46.4 Å². The van der Waals surface area contributed by atoms with Crippen LogP contribution in [0.2, 0.25) is 0 Å². The minimum absolute atomic E-state index is 0.0141. The first-order valence-corrected chi connectivity index (χ1v) is 14.2. The summed E-state index contributed by atoms with van der Waals surface area (Å²) in [6.07, 6.45) is 2.68. The van der Waals surface area contributed by atoms with Gasteiger partial charge in [-0.3, -0.25) is 14.2 Å². The predicted molar refractivity (Wildman–Crippen MR) is 147 cm³/mol. The third-order valence-corrected chi connectivity index (χ3v) is 8.02. The lowest BCUT2D eigenvalue weighted by Gasteiger charge is -2.16. The predicted octanol–water partition coefficient (Wildman–Crippen LogP) is 3.25. The van der Waals surface area contributed by atoms with Crippen LogP contribution in [-0.4, -0.2) is 61.7 Å². The maximum absolute atomic E-state index is 15.5. The molecule has 40 heavy (non-hydrogen) atoms. The van der Waals surface area contributed by atoms with Crippen LogP contribution in [-0.2, 0) is 26.6 Å². The van der Waals surface area contributed by atoms with Crippen molar-refractivity contribution in [3.8, 4) is 11.1 Å². The summed E-state index contributed by atoms with van der Waals surface area (Å²) in [5.74, 6) is -2.09. The highest BCUT2D eigenvalue weighted by Gasteiger charge is 2.42. The van der Waals surface area contributed by atoms with Crippen molar-refractivity contribution >= 4 is 39.2 Å². The molecule has 11 nitrogen and oxygen atoms in total. The van der Waals surface area contributed by atoms with Gasteiger partial charge in [-0.05, 0) is 48.1 Å². The molecule has 1 aliphatic rings. The SMILES string of the molecule is CC(=O)NCCCCCNc1ncc2cc(-c3c(F)ccc(N[S+](=O)(O)N4CC[C@@H](F)C4)c3F)c(=O)n(C)c2n1. The molecular formula is C25H31F3N7O4S+. The number of fused-ring (bicyclic) bond motifs is 1. The van der Waals surface area contributed by atoms with E-state index in [4.69, 9.17) is 0 Å². The van der Waals surface area contributed by atoms with Crippen molar-refractivity contribution in [2.45, 2.75) is 38.8 Å². The highest BCUT2D eigenvalue weighted by molar-refractivity contribution is 7.96. The van der Waals surface area contributed by atoms with Crippen molar-refractivity contribution < 1.29 is 26.7 Å². The Morgan fingerprint density at radius 2 is 1.98 bits per heavy atom. The molecule has 1 amide bonds. The van der Waals surface area contributed by atoms with E-state index in [2.05, 4.69) is 25.3 Å². The summed E-state index contributed by atoms with van der Waals surface area (Å²) in [4.78, 5) is 32.7. The van der Waals surface area contributed by atoms with Crippen LogP contribution in [0.15, 0.2) is 29.2 Å². The summed E-state index contributed by atoms with van der Waals surface area (Å²) in [7, 11) is -2.64. The number of hydrogen-bond donors (Lipinski definition) is 4. The van der Waals surface area contributed by atoms with Crippen molar-refractivity contribution in [2.75, 3.05) is 36.2 Å². The van der Waals surface area contributed by atoms with Gasteiger partial charge in [0.2, 0.25) is 11.9 Å². The molecule has 0 saturated carbocycles. The summed E-state index contributed by atoms with van der Waals surface area (Å²) in [5.41, 5.74) is -2.03. The first-order chi connectivity index (χ1) is 19.0. The van der Waals surface area contributed by atoms with Crippen LogP contribution < -0.4 is 20.9 Å². The van der Waals surface area contributed by atoms with E-state index in [0.717, 1.165) is 40.3 Å². The van der Waals surface area contributed by atoms with Crippen molar-refractivity contribution in [1.29, 1.82) is 0 Å². The minimum atomic E-state index is -4.05. The fraction of sp³-hybridized carbons (Fsp3) is 0.440. The maximum atomic E-state index is 15.5. The van der Waals surface area contributed by atoms with E-state index in [-0.39, 0.29) is 42.6 Å². The van der Waals surface area contributed by atoms with Crippen LogP contribution in [0.25, 0.3) is 22.2 Å². The molecule has 0 bridgehead atoms. The maximum Gasteiger partial charge on any atom is 0.396 e. The number of hydrogen-bond acceptors (Lipinski definition) is 6. The molecule has 15 heteroatoms. The molecule has 0 radical (unpaired) electrons. The summed E-state index contributed by atoms with van der Waals surface area (Å²) < 4.78 is 71.3. The second-order valence-electron chi connectivity index (χ2n) is 9.52. The lowest BCUT2D eigenvalue weighted by atomic mass is 10.0. The number of aromatic nitrogens is 3. The number of pyridine rings is 1. The molecule has 216 valence electrons. The van der Waals surface area contributed by atoms with Gasteiger partial charge in [0.1, 0.15) is 23.3 Å². The summed E-state index contributed by atoms with van der Waals surface area (Å²) >= 11 is 0. The van der Waals surface area contributed by atoms with Gasteiger partial charge in [0.15, 0.2) is 5.82 Å². The smallest absolute Gasteiger partial charge is 0.356 e. The summed E-state index contributed by atoms with van der Waals surface area (Å²) in [6, 6.07) is 3.08. The highest BCUT2D eigenvalue weighted by Crippen LogP contribution is 2.32. The molecular weight excluding hydrogens is 551 g/mol. The number of unbranched alkanes of at least 4 members (excludes halogenated alkanes) is 2. The largest absolute Gasteiger partial charge is 0.396 e. The van der Waals surface area contributed by atoms with Gasteiger partial charge in [-0.2, -0.15) is 9.71 Å². The van der Waals surface area contributed by atoms with Gasteiger partial charge in [-0.15, -0.1) is 4.55 Å². The quantitative estimate of drug-likeness (QED) is 0.201. The Kier molecular flexibility index (Phi) is 9.05. The molecule has 0 aliphatic carbocycles. The Morgan fingerprint density at radius 3 is 2.67 bits per heavy atom. The van der Waals surface area contributed by atoms with Gasteiger partial charge in [0.25, 0.3) is 5.56 Å². The first kappa shape index (κ1) is 29.4. The van der Waals surface area contributed by atoms with Gasteiger partial charge in [0, 0.05) is 38.6 Å². The fourth-order valence-electron chi connectivity index (χ4n) is 4.40. The third kappa shape index (κ3) is 6.59. The average Bonchev–Trinajstić information content (AvgIpc) is 3.35. The van der Waals surface area contributed by atoms with Gasteiger partial charge in [-0.25, -0.2) is 18.2 Å². The minimum Gasteiger partial charge on any atom is -0.356 e. The Labute approximate surface area is 229 Å². The van der Waals surface area contributed by atoms with Gasteiger partial charge in [0.05, 0.1) is 24.2 Å². The summed E-state index contributed by atoms with van der Waals surface area (Å²) in [5, 5.41) is 6.14. The van der Waals surface area contributed by atoms with Crippen LogP contribution >= 0.6 is 0 Å². The number of carbonyl (C=O) groups excluding carboxylic acids is 1. The number of nitrogens with zero attached hydrogens (tertiary/aromatic N) is 4. The Bertz CT molecular complexity index is 1520. The zero-order chi connectivity index (χ0) is 29.0. The van der Waals surface area contributed by atoms with Gasteiger partial charge < -0.3 is 10.6 Å². The van der Waals surface area contributed by atoms with E-state index in [1.165, 1.54) is 26.2 Å². The topological polar surface area (TPSA) is 141 Å². The van der Waals surface area contributed by atoms with Gasteiger partial charge >= 0.3 is 10.6 Å². The van der Waals surface area contributed by atoms with E-state index in [1.54, 1.807) is 0 Å². The zero-order valence-electron chi connectivity index (χ0n) is 22.0. The molecule has 2 aromatic heterocycles. The Morgan fingerprint density at radius 1 is 1.23 bits per heavy atom. The van der Waals surface area contributed by atoms with E-state index in [0.29, 0.717) is 18.5 Å². The van der Waals surface area contributed by atoms with Crippen LogP contribution in [0.3, 0.4) is 0 Å². The second-order valence-corrected chi connectivity index (χ2v) is 11.2. The second kappa shape index (κ2) is 12.3. The molecule has 2 atom stereocenters. The van der Waals surface area contributed by atoms with Crippen LogP contribution in [0.1, 0.15) is 32.6 Å². The van der Waals surface area contributed by atoms with Crippen LogP contribution in [0.5, 0.6) is 0 Å². The molecule has 1 fully saturated rings. The Balaban J connectivity index is 1.55. The number of nitrogens with one attached hydrogen (secondary N) is 3. The van der Waals surface area contributed by atoms with Gasteiger partial charge in [-0.1, -0.05) is 4.31 Å². The van der Waals surface area contributed by atoms with Crippen molar-refractivity contribution in [1.82, 2.24) is 24.2 Å². The monoisotopic (exact) mass is 582 g/mol. The number of benzene rings is 1. The van der Waals surface area contributed by atoms with Crippen LogP contribution in [0, 0.1) is 11.6 Å². The number of anilines is 2. The lowest BCUT2D eigenvalue weighted by molar-refractivity contribution is -0.118. The van der Waals surface area contributed by atoms with E-state index >= 15 is 4.39 Å². The number of rotatable bonds is 11. The number of amides is 1. The molecule has 3 aromatic rings. The van der Waals surface area contributed by atoms with Crippen molar-refractivity contribution in [2.24, 2.45) is 7.05 Å². The van der Waals surface area contributed by atoms with E-state index in [9.17, 15) is 27.1 Å². The van der Waals surface area contributed by atoms with Crippen LogP contribution in [0.4, 0.5) is 24.8 Å². The van der Waals surface area contributed by atoms with E-state index in [1.807, 2.05) is 0 Å². The molecule has 3 heterocycles. The molecule has 1 aromatic carbocycles. The highest BCUT2D eigenvalue weighted by atomic mass is 32.3. The molecule has 4 rings (SSSR count). The zero-order valence-corrected chi connectivity index (χ0v) is 22.9. The lowest BCUT2D eigenvalue weighted by Crippen LogP contribution is -2.40. The molecule has 0 spiro atoms.